The monoisotopic (exact) mass is 276 g/mol. The van der Waals surface area contributed by atoms with Gasteiger partial charge in [-0.2, -0.15) is 0 Å². The Bertz CT molecular complexity index is 716. The molecule has 18 heavy (non-hydrogen) atoms. The SMILES string of the molecule is Clc1ccc(Cl)c2nc(-c3ccccn3)nnc12. The Kier molecular flexibility index (Phi) is 2.81. The zero-order chi connectivity index (χ0) is 12.5. The highest BCUT2D eigenvalue weighted by atomic mass is 35.5. The average Bonchev–Trinajstić information content (AvgIpc) is 2.44. The summed E-state index contributed by atoms with van der Waals surface area (Å²) in [5.74, 6) is 0.423. The van der Waals surface area contributed by atoms with E-state index < -0.39 is 0 Å². The molecular weight excluding hydrogens is 271 g/mol. The highest BCUT2D eigenvalue weighted by molar-refractivity contribution is 6.39. The van der Waals surface area contributed by atoms with Crippen molar-refractivity contribution in [2.45, 2.75) is 0 Å². The highest BCUT2D eigenvalue weighted by Gasteiger charge is 2.10. The fourth-order valence-corrected chi connectivity index (χ4v) is 1.95. The van der Waals surface area contributed by atoms with E-state index >= 15 is 0 Å². The molecule has 4 nitrogen and oxygen atoms in total. The van der Waals surface area contributed by atoms with Crippen LogP contribution in [0.2, 0.25) is 10.0 Å². The lowest BCUT2D eigenvalue weighted by Crippen LogP contribution is -1.96. The number of rotatable bonds is 1. The van der Waals surface area contributed by atoms with Crippen molar-refractivity contribution in [1.29, 1.82) is 0 Å². The largest absolute Gasteiger partial charge is 0.253 e. The van der Waals surface area contributed by atoms with Crippen molar-refractivity contribution < 1.29 is 0 Å². The zero-order valence-electron chi connectivity index (χ0n) is 9.01. The number of nitrogens with zero attached hydrogens (tertiary/aromatic N) is 4. The summed E-state index contributed by atoms with van der Waals surface area (Å²) >= 11 is 12.1. The first-order valence-electron chi connectivity index (χ1n) is 5.15. The summed E-state index contributed by atoms with van der Waals surface area (Å²) in [5, 5.41) is 9.02. The van der Waals surface area contributed by atoms with E-state index in [1.165, 1.54) is 0 Å². The summed E-state index contributed by atoms with van der Waals surface area (Å²) in [6.07, 6.45) is 1.67. The molecule has 3 rings (SSSR count). The zero-order valence-corrected chi connectivity index (χ0v) is 10.5. The number of fused-ring (bicyclic) bond motifs is 1. The van der Waals surface area contributed by atoms with Gasteiger partial charge >= 0.3 is 0 Å². The van der Waals surface area contributed by atoms with Gasteiger partial charge in [0.25, 0.3) is 0 Å². The van der Waals surface area contributed by atoms with Gasteiger partial charge in [0, 0.05) is 6.20 Å². The van der Waals surface area contributed by atoms with Crippen LogP contribution in [-0.2, 0) is 0 Å². The van der Waals surface area contributed by atoms with Crippen molar-refractivity contribution in [3.8, 4) is 11.5 Å². The first-order valence-corrected chi connectivity index (χ1v) is 5.91. The third-order valence-electron chi connectivity index (χ3n) is 2.41. The second-order valence-electron chi connectivity index (χ2n) is 3.58. The van der Waals surface area contributed by atoms with Gasteiger partial charge < -0.3 is 0 Å². The molecule has 0 saturated heterocycles. The van der Waals surface area contributed by atoms with Crippen LogP contribution in [0.25, 0.3) is 22.6 Å². The topological polar surface area (TPSA) is 51.6 Å². The average molecular weight is 277 g/mol. The lowest BCUT2D eigenvalue weighted by molar-refractivity contribution is 1.02. The third kappa shape index (κ3) is 1.89. The van der Waals surface area contributed by atoms with Gasteiger partial charge in [-0.3, -0.25) is 4.98 Å². The van der Waals surface area contributed by atoms with Crippen LogP contribution in [0.15, 0.2) is 36.5 Å². The maximum Gasteiger partial charge on any atom is 0.201 e. The van der Waals surface area contributed by atoms with Crippen LogP contribution < -0.4 is 0 Å². The van der Waals surface area contributed by atoms with E-state index in [2.05, 4.69) is 20.2 Å². The molecule has 0 fully saturated rings. The summed E-state index contributed by atoms with van der Waals surface area (Å²) in [7, 11) is 0. The second-order valence-corrected chi connectivity index (χ2v) is 4.39. The molecule has 1 aromatic carbocycles. The van der Waals surface area contributed by atoms with Crippen LogP contribution in [-0.4, -0.2) is 20.2 Å². The second kappa shape index (κ2) is 4.48. The molecule has 0 aliphatic heterocycles. The lowest BCUT2D eigenvalue weighted by atomic mass is 10.3. The molecule has 0 atom stereocenters. The van der Waals surface area contributed by atoms with Gasteiger partial charge in [0.05, 0.1) is 10.0 Å². The summed E-state index contributed by atoms with van der Waals surface area (Å²) in [6, 6.07) is 8.84. The molecule has 0 aliphatic rings. The quantitative estimate of drug-likeness (QED) is 0.684. The fraction of sp³-hybridized carbons (Fsp3) is 0. The molecule has 6 heteroatoms. The molecule has 0 aliphatic carbocycles. The Hall–Kier alpha value is -1.78. The Balaban J connectivity index is 2.26. The van der Waals surface area contributed by atoms with Gasteiger partial charge in [-0.05, 0) is 24.3 Å². The Morgan fingerprint density at radius 2 is 1.61 bits per heavy atom. The Labute approximate surface area is 113 Å². The number of aromatic nitrogens is 4. The molecule has 2 heterocycles. The molecule has 0 unspecified atom stereocenters. The smallest absolute Gasteiger partial charge is 0.201 e. The van der Waals surface area contributed by atoms with E-state index in [0.717, 1.165) is 0 Å². The van der Waals surface area contributed by atoms with Crippen LogP contribution in [0.5, 0.6) is 0 Å². The predicted molar refractivity (Wildman–Crippen MR) is 70.6 cm³/mol. The molecule has 0 N–H and O–H groups in total. The van der Waals surface area contributed by atoms with E-state index in [1.807, 2.05) is 12.1 Å². The number of benzene rings is 1. The minimum atomic E-state index is 0.423. The molecule has 3 aromatic rings. The predicted octanol–water partition coefficient (Wildman–Crippen LogP) is 3.39. The molecule has 2 aromatic heterocycles. The van der Waals surface area contributed by atoms with Crippen LogP contribution in [0.4, 0.5) is 0 Å². The van der Waals surface area contributed by atoms with Gasteiger partial charge in [0.1, 0.15) is 16.7 Å². The molecule has 0 saturated carbocycles. The van der Waals surface area contributed by atoms with Gasteiger partial charge in [0.2, 0.25) is 5.82 Å². The van der Waals surface area contributed by atoms with Gasteiger partial charge in [-0.1, -0.05) is 29.3 Å². The van der Waals surface area contributed by atoms with Crippen molar-refractivity contribution in [2.75, 3.05) is 0 Å². The molecule has 0 spiro atoms. The maximum atomic E-state index is 6.08. The summed E-state index contributed by atoms with van der Waals surface area (Å²) in [4.78, 5) is 8.52. The third-order valence-corrected chi connectivity index (χ3v) is 3.02. The minimum Gasteiger partial charge on any atom is -0.253 e. The van der Waals surface area contributed by atoms with E-state index in [9.17, 15) is 0 Å². The van der Waals surface area contributed by atoms with Crippen molar-refractivity contribution in [1.82, 2.24) is 20.2 Å². The molecule has 0 bridgehead atoms. The number of pyridine rings is 1. The van der Waals surface area contributed by atoms with Gasteiger partial charge in [-0.15, -0.1) is 10.2 Å². The molecule has 0 amide bonds. The van der Waals surface area contributed by atoms with Crippen LogP contribution in [0.1, 0.15) is 0 Å². The first kappa shape index (κ1) is 11.3. The van der Waals surface area contributed by atoms with Crippen LogP contribution in [0.3, 0.4) is 0 Å². The lowest BCUT2D eigenvalue weighted by Gasteiger charge is -2.03. The normalized spacial score (nSPS) is 10.8. The summed E-state index contributed by atoms with van der Waals surface area (Å²) in [6.45, 7) is 0. The highest BCUT2D eigenvalue weighted by Crippen LogP contribution is 2.27. The molecule has 88 valence electrons. The van der Waals surface area contributed by atoms with Crippen molar-refractivity contribution >= 4 is 34.2 Å². The van der Waals surface area contributed by atoms with Crippen molar-refractivity contribution in [2.24, 2.45) is 0 Å². The van der Waals surface area contributed by atoms with Crippen LogP contribution in [0, 0.1) is 0 Å². The van der Waals surface area contributed by atoms with E-state index in [1.54, 1.807) is 24.4 Å². The number of hydrogen-bond donors (Lipinski definition) is 0. The maximum absolute atomic E-state index is 6.08. The fourth-order valence-electron chi connectivity index (χ4n) is 1.56. The number of halogens is 2. The molecular formula is C12H6Cl2N4. The summed E-state index contributed by atoms with van der Waals surface area (Å²) in [5.41, 5.74) is 1.66. The van der Waals surface area contributed by atoms with Crippen LogP contribution >= 0.6 is 23.2 Å². The van der Waals surface area contributed by atoms with Crippen molar-refractivity contribution in [3.05, 3.63) is 46.6 Å². The van der Waals surface area contributed by atoms with E-state index in [4.69, 9.17) is 23.2 Å². The Morgan fingerprint density at radius 3 is 2.33 bits per heavy atom. The van der Waals surface area contributed by atoms with E-state index in [-0.39, 0.29) is 0 Å². The molecule has 0 radical (unpaired) electrons. The standard InChI is InChI=1S/C12H6Cl2N4/c13-7-4-5-8(14)11-10(7)16-12(18-17-11)9-3-1-2-6-15-9/h1-6H. The first-order chi connectivity index (χ1) is 8.75. The van der Waals surface area contributed by atoms with Crippen molar-refractivity contribution in [3.63, 3.8) is 0 Å². The van der Waals surface area contributed by atoms with Gasteiger partial charge in [-0.25, -0.2) is 4.98 Å². The van der Waals surface area contributed by atoms with Gasteiger partial charge in [0.15, 0.2) is 0 Å². The Morgan fingerprint density at radius 1 is 0.833 bits per heavy atom. The summed E-state index contributed by atoms with van der Waals surface area (Å²) < 4.78 is 0. The van der Waals surface area contributed by atoms with E-state index in [0.29, 0.717) is 32.6 Å². The number of hydrogen-bond acceptors (Lipinski definition) is 4. The minimum absolute atomic E-state index is 0.423.